The first kappa shape index (κ1) is 40.1. The average Bonchev–Trinajstić information content (AvgIpc) is 3.06. The summed E-state index contributed by atoms with van der Waals surface area (Å²) in [4.78, 5) is 27.8. The number of carboxylic acids is 2. The van der Waals surface area contributed by atoms with Gasteiger partial charge in [-0.3, -0.25) is 19.6 Å². The van der Waals surface area contributed by atoms with Crippen LogP contribution in [0.3, 0.4) is 0 Å². The minimum Gasteiger partial charge on any atom is -0.481 e. The number of thioether (sulfide) groups is 6. The van der Waals surface area contributed by atoms with Crippen molar-refractivity contribution in [1.82, 2.24) is 30.4 Å². The van der Waals surface area contributed by atoms with Gasteiger partial charge in [0, 0.05) is 54.2 Å². The van der Waals surface area contributed by atoms with E-state index < -0.39 is 11.9 Å². The van der Waals surface area contributed by atoms with Gasteiger partial charge in [-0.15, -0.1) is 91.0 Å². The molecule has 0 unspecified atom stereocenters. The van der Waals surface area contributed by atoms with Crippen molar-refractivity contribution in [2.24, 2.45) is 10.8 Å². The Labute approximate surface area is 322 Å². The molecule has 11 heterocycles. The molecule has 1 radical (unpaired) electrons. The number of aromatic nitrogens is 6. The first-order valence-electron chi connectivity index (χ1n) is 15.2. The van der Waals surface area contributed by atoms with E-state index >= 15 is 0 Å². The molecule has 10 nitrogen and oxygen atoms in total. The number of carbonyl (C=O) groups is 2. The molecular formula is C32H36CuN6O4S6. The van der Waals surface area contributed by atoms with Crippen LogP contribution in [0.4, 0.5) is 0 Å². The van der Waals surface area contributed by atoms with Gasteiger partial charge in [-0.1, -0.05) is 18.1 Å². The van der Waals surface area contributed by atoms with Crippen LogP contribution < -0.4 is 0 Å². The molecule has 0 atom stereocenters. The first-order chi connectivity index (χ1) is 23.1. The molecule has 8 fully saturated rings. The summed E-state index contributed by atoms with van der Waals surface area (Å²) in [5.74, 6) is 6.23. The van der Waals surface area contributed by atoms with E-state index in [4.69, 9.17) is 9.90 Å². The summed E-state index contributed by atoms with van der Waals surface area (Å²) in [7, 11) is 0. The fraction of sp³-hybridized carbons (Fsp3) is 0.500. The van der Waals surface area contributed by atoms with Gasteiger partial charge in [0.1, 0.15) is 0 Å². The van der Waals surface area contributed by atoms with E-state index in [1.165, 1.54) is 19.3 Å². The molecule has 3 aromatic rings. The normalized spacial score (nSPS) is 31.5. The van der Waals surface area contributed by atoms with E-state index in [0.717, 1.165) is 39.9 Å². The smallest absolute Gasteiger partial charge is 0.309 e. The fourth-order valence-electron chi connectivity index (χ4n) is 5.76. The quantitative estimate of drug-likeness (QED) is 0.191. The Morgan fingerprint density at radius 2 is 1.00 bits per heavy atom. The topological polar surface area (TPSA) is 152 Å². The monoisotopic (exact) mass is 823 g/mol. The van der Waals surface area contributed by atoms with Crippen molar-refractivity contribution in [1.29, 1.82) is 0 Å². The van der Waals surface area contributed by atoms with Crippen LogP contribution in [0.2, 0.25) is 0 Å². The second kappa shape index (κ2) is 19.3. The van der Waals surface area contributed by atoms with Gasteiger partial charge in [0.15, 0.2) is 5.82 Å². The van der Waals surface area contributed by atoms with Crippen molar-refractivity contribution >= 4 is 82.5 Å². The SMILES string of the molecule is CC(=O)O.Cc1nnc(C#CC23CC4SC(C2)SC(C3)S4)nn1.O=C(O)C12CC3SC(C1)SC(C2)S3.[Cu].c1ccncc1.c1ccncc1. The average molecular weight is 825 g/mol. The molecule has 0 aromatic carbocycles. The van der Waals surface area contributed by atoms with E-state index in [-0.39, 0.29) is 27.9 Å². The molecule has 0 amide bonds. The van der Waals surface area contributed by atoms with Crippen molar-refractivity contribution in [3.05, 3.63) is 72.8 Å². The zero-order valence-corrected chi connectivity index (χ0v) is 32.5. The predicted molar refractivity (Wildman–Crippen MR) is 199 cm³/mol. The third kappa shape index (κ3) is 12.2. The molecule has 0 spiro atoms. The van der Waals surface area contributed by atoms with E-state index in [2.05, 4.69) is 77.5 Å². The van der Waals surface area contributed by atoms with E-state index in [9.17, 15) is 9.90 Å². The third-order valence-corrected chi connectivity index (χ3v) is 17.4. The van der Waals surface area contributed by atoms with Crippen molar-refractivity contribution in [2.75, 3.05) is 0 Å². The van der Waals surface area contributed by atoms with Crippen LogP contribution in [-0.4, -0.2) is 80.0 Å². The summed E-state index contributed by atoms with van der Waals surface area (Å²) >= 11 is 12.4. The van der Waals surface area contributed by atoms with Crippen LogP contribution in [0.25, 0.3) is 0 Å². The van der Waals surface area contributed by atoms with Gasteiger partial charge in [0.25, 0.3) is 5.97 Å². The molecule has 3 aromatic heterocycles. The number of pyridine rings is 2. The van der Waals surface area contributed by atoms with Gasteiger partial charge in [0.05, 0.1) is 32.9 Å². The second-order valence-corrected chi connectivity index (χ2v) is 21.8. The van der Waals surface area contributed by atoms with Crippen LogP contribution >= 0.6 is 70.6 Å². The van der Waals surface area contributed by atoms with Crippen LogP contribution in [0.1, 0.15) is 57.1 Å². The van der Waals surface area contributed by atoms with Crippen LogP contribution in [0.5, 0.6) is 0 Å². The zero-order chi connectivity index (χ0) is 34.0. The number of rotatable bonds is 1. The molecule has 8 aliphatic heterocycles. The molecular weight excluding hydrogens is 788 g/mol. The van der Waals surface area contributed by atoms with Crippen molar-refractivity contribution in [2.45, 2.75) is 79.9 Å². The first-order valence-corrected chi connectivity index (χ1v) is 20.9. The van der Waals surface area contributed by atoms with Gasteiger partial charge in [-0.25, -0.2) is 0 Å². The zero-order valence-electron chi connectivity index (χ0n) is 26.6. The summed E-state index contributed by atoms with van der Waals surface area (Å²) in [5, 5.41) is 32.4. The van der Waals surface area contributed by atoms with Gasteiger partial charge in [-0.05, 0) is 75.6 Å². The largest absolute Gasteiger partial charge is 0.481 e. The molecule has 8 bridgehead atoms. The number of nitrogens with zero attached hydrogens (tertiary/aromatic N) is 6. The molecule has 11 rings (SSSR count). The summed E-state index contributed by atoms with van der Waals surface area (Å²) in [6.07, 6.45) is 13.3. The molecule has 0 aliphatic carbocycles. The Kier molecular flexibility index (Phi) is 15.8. The summed E-state index contributed by atoms with van der Waals surface area (Å²) in [5.41, 5.74) is -0.155. The summed E-state index contributed by atoms with van der Waals surface area (Å²) in [6.45, 7) is 2.86. The maximum Gasteiger partial charge on any atom is 0.309 e. The Bertz CT molecular complexity index is 1390. The van der Waals surface area contributed by atoms with E-state index in [0.29, 0.717) is 25.4 Å². The van der Waals surface area contributed by atoms with Gasteiger partial charge >= 0.3 is 5.97 Å². The number of aryl methyl sites for hydroxylation is 1. The Morgan fingerprint density at radius 3 is 1.29 bits per heavy atom. The maximum absolute atomic E-state index is 11.2. The predicted octanol–water partition coefficient (Wildman–Crippen LogP) is 7.00. The number of hydrogen-bond donors (Lipinski definition) is 2. The standard InChI is InChI=1S/C12H12N4S3.C8H10O2S3.2C5H5N.C2H4O2.Cu/c1-7-13-15-8(16-14-7)2-3-12-4-9-17-10(5-12)19-11(6-12)18-9;9-7(10)8-1-4-11-5(2-8)13-6(3-8)12-4;2*1-2-4-6-5-3-1;1-2(3)4;/h9-11H,4-6H2,1H3;4-6H,1-3H2,(H,9,10);2*1-5H;1H3,(H,3,4);. The third-order valence-electron chi connectivity index (χ3n) is 7.77. The Hall–Kier alpha value is -1.64. The molecule has 17 heteroatoms. The van der Waals surface area contributed by atoms with Crippen LogP contribution in [0, 0.1) is 29.6 Å². The van der Waals surface area contributed by atoms with Crippen molar-refractivity contribution in [3.8, 4) is 11.8 Å². The molecule has 0 saturated carbocycles. The van der Waals surface area contributed by atoms with Crippen molar-refractivity contribution in [3.63, 3.8) is 0 Å². The Balaban J connectivity index is 0.000000156. The Morgan fingerprint density at radius 1 is 0.653 bits per heavy atom. The fourth-order valence-corrected chi connectivity index (χ4v) is 20.4. The number of carboxylic acid groups (broad SMARTS) is 2. The molecule has 8 aliphatic rings. The summed E-state index contributed by atoms with van der Waals surface area (Å²) < 4.78 is 3.91. The number of hydrogen-bond acceptors (Lipinski definition) is 14. The minimum atomic E-state index is -0.833. The van der Waals surface area contributed by atoms with Crippen molar-refractivity contribution < 1.29 is 36.9 Å². The molecule has 8 saturated heterocycles. The molecule has 2 N–H and O–H groups in total. The summed E-state index contributed by atoms with van der Waals surface area (Å²) in [6, 6.07) is 11.4. The molecule has 265 valence electrons. The van der Waals surface area contributed by atoms with E-state index in [1.807, 2.05) is 71.7 Å². The van der Waals surface area contributed by atoms with Gasteiger partial charge in [0.2, 0.25) is 5.82 Å². The minimum absolute atomic E-state index is 0. The van der Waals surface area contributed by atoms with E-state index in [1.54, 1.807) is 31.7 Å². The number of aliphatic carboxylic acids is 2. The van der Waals surface area contributed by atoms with Gasteiger partial charge < -0.3 is 10.2 Å². The van der Waals surface area contributed by atoms with Gasteiger partial charge in [-0.2, -0.15) is 0 Å². The van der Waals surface area contributed by atoms with Crippen LogP contribution in [-0.2, 0) is 26.7 Å². The second-order valence-electron chi connectivity index (χ2n) is 11.6. The van der Waals surface area contributed by atoms with Crippen LogP contribution in [0.15, 0.2) is 61.2 Å². The molecule has 49 heavy (non-hydrogen) atoms. The maximum atomic E-state index is 11.2.